The van der Waals surface area contributed by atoms with Crippen LogP contribution in [-0.2, 0) is 25.4 Å². The Morgan fingerprint density at radius 3 is 2.43 bits per heavy atom. The van der Waals surface area contributed by atoms with Crippen molar-refractivity contribution in [2.75, 3.05) is 26.4 Å². The van der Waals surface area contributed by atoms with Gasteiger partial charge in [0.05, 0.1) is 32.1 Å². The van der Waals surface area contributed by atoms with Crippen LogP contribution in [-0.4, -0.2) is 43.2 Å². The smallest absolute Gasteiger partial charge is 0.175 e. The minimum atomic E-state index is -0.497. The van der Waals surface area contributed by atoms with Crippen molar-refractivity contribution in [3.05, 3.63) is 28.7 Å². The molecule has 4 atom stereocenters. The standard InChI is InChI=1S/C24H33NO5/c1-15-19(16(2)30-25-15)14-21-18-4-7-22(3)20(6-9-24(22)28-12-13-29-24)17(18)5-8-23(21)26-10-11-27-23/h4,17,20-21H,5-14H2,1-3H3/t17?,20-,21?,22-/m0/s1. The molecule has 0 bridgehead atoms. The number of ether oxygens (including phenoxy) is 4. The van der Waals surface area contributed by atoms with Crippen molar-refractivity contribution in [1.82, 2.24) is 5.16 Å². The maximum Gasteiger partial charge on any atom is 0.175 e. The molecule has 0 aromatic carbocycles. The van der Waals surface area contributed by atoms with E-state index in [-0.39, 0.29) is 17.1 Å². The van der Waals surface area contributed by atoms with Gasteiger partial charge in [-0.2, -0.15) is 0 Å². The predicted molar refractivity (Wildman–Crippen MR) is 109 cm³/mol. The Morgan fingerprint density at radius 1 is 1.00 bits per heavy atom. The van der Waals surface area contributed by atoms with E-state index in [1.54, 1.807) is 0 Å². The third-order valence-corrected chi connectivity index (χ3v) is 9.01. The molecule has 2 aliphatic heterocycles. The third kappa shape index (κ3) is 2.48. The first kappa shape index (κ1) is 19.5. The lowest BCUT2D eigenvalue weighted by molar-refractivity contribution is -0.235. The summed E-state index contributed by atoms with van der Waals surface area (Å²) in [4.78, 5) is 0. The van der Waals surface area contributed by atoms with Gasteiger partial charge in [-0.1, -0.05) is 23.7 Å². The first-order chi connectivity index (χ1) is 14.5. The van der Waals surface area contributed by atoms with Gasteiger partial charge in [-0.05, 0) is 51.4 Å². The van der Waals surface area contributed by atoms with Gasteiger partial charge in [0.2, 0.25) is 0 Å². The number of hydrogen-bond donors (Lipinski definition) is 0. The van der Waals surface area contributed by atoms with E-state index in [0.717, 1.165) is 56.8 Å². The van der Waals surface area contributed by atoms with Crippen molar-refractivity contribution in [2.24, 2.45) is 23.2 Å². The maximum atomic E-state index is 6.34. The molecule has 2 spiro atoms. The first-order valence-corrected chi connectivity index (χ1v) is 11.7. The van der Waals surface area contributed by atoms with E-state index in [1.165, 1.54) is 17.6 Å². The molecule has 164 valence electrons. The van der Waals surface area contributed by atoms with Crippen molar-refractivity contribution < 1.29 is 23.5 Å². The summed E-state index contributed by atoms with van der Waals surface area (Å²) in [5, 5.41) is 4.20. The molecule has 4 fully saturated rings. The number of nitrogens with zero attached hydrogens (tertiary/aromatic N) is 1. The zero-order valence-corrected chi connectivity index (χ0v) is 18.4. The summed E-state index contributed by atoms with van der Waals surface area (Å²) in [6.45, 7) is 9.27. The Morgan fingerprint density at radius 2 is 1.73 bits per heavy atom. The lowest BCUT2D eigenvalue weighted by atomic mass is 9.56. The van der Waals surface area contributed by atoms with Crippen LogP contribution in [0.5, 0.6) is 0 Å². The van der Waals surface area contributed by atoms with E-state index < -0.39 is 5.79 Å². The summed E-state index contributed by atoms with van der Waals surface area (Å²) < 4.78 is 30.7. The zero-order chi connectivity index (χ0) is 20.6. The van der Waals surface area contributed by atoms with Gasteiger partial charge in [-0.15, -0.1) is 0 Å². The molecule has 1 aromatic heterocycles. The molecule has 6 heteroatoms. The second-order valence-electron chi connectivity index (χ2n) is 10.1. The van der Waals surface area contributed by atoms with Gasteiger partial charge in [0.15, 0.2) is 11.6 Å². The monoisotopic (exact) mass is 415 g/mol. The summed E-state index contributed by atoms with van der Waals surface area (Å²) in [5.74, 6) is 1.37. The van der Waals surface area contributed by atoms with Gasteiger partial charge >= 0.3 is 0 Å². The van der Waals surface area contributed by atoms with Crippen LogP contribution in [0, 0.1) is 37.0 Å². The van der Waals surface area contributed by atoms with Crippen molar-refractivity contribution in [3.63, 3.8) is 0 Å². The zero-order valence-electron chi connectivity index (χ0n) is 18.4. The highest BCUT2D eigenvalue weighted by Crippen LogP contribution is 2.65. The SMILES string of the molecule is Cc1noc(C)c1CC1C2=CC[C@@]3(C)[C@@H](CCC34OCCO4)C2CCC12OCCO2. The lowest BCUT2D eigenvalue weighted by Crippen LogP contribution is -2.54. The maximum absolute atomic E-state index is 6.34. The quantitative estimate of drug-likeness (QED) is 0.678. The molecule has 6 rings (SSSR count). The van der Waals surface area contributed by atoms with Gasteiger partial charge < -0.3 is 23.5 Å². The minimum Gasteiger partial charge on any atom is -0.361 e. The molecule has 5 aliphatic rings. The molecular formula is C24H33NO5. The fourth-order valence-electron chi connectivity index (χ4n) is 7.47. The van der Waals surface area contributed by atoms with E-state index in [4.69, 9.17) is 23.5 Å². The summed E-state index contributed by atoms with van der Waals surface area (Å²) in [7, 11) is 0. The second kappa shape index (κ2) is 6.64. The minimum absolute atomic E-state index is 0.0487. The Labute approximate surface area is 178 Å². The average molecular weight is 416 g/mol. The summed E-state index contributed by atoms with van der Waals surface area (Å²) in [6, 6.07) is 0. The summed E-state index contributed by atoms with van der Waals surface area (Å²) in [6.07, 6.45) is 8.60. The predicted octanol–water partition coefficient (Wildman–Crippen LogP) is 4.09. The number of aromatic nitrogens is 1. The molecule has 2 unspecified atom stereocenters. The second-order valence-corrected chi connectivity index (χ2v) is 10.1. The lowest BCUT2D eigenvalue weighted by Gasteiger charge is -2.53. The molecule has 0 amide bonds. The normalized spacial score (nSPS) is 38.8. The Hall–Kier alpha value is -1.21. The number of hydrogen-bond acceptors (Lipinski definition) is 6. The van der Waals surface area contributed by atoms with Crippen LogP contribution in [0.2, 0.25) is 0 Å². The third-order valence-electron chi connectivity index (χ3n) is 9.01. The highest BCUT2D eigenvalue weighted by Gasteiger charge is 2.65. The molecule has 0 radical (unpaired) electrons. The molecule has 3 heterocycles. The Balaban J connectivity index is 1.39. The molecule has 2 saturated carbocycles. The average Bonchev–Trinajstić information content (AvgIpc) is 3.51. The Bertz CT molecular complexity index is 843. The number of aryl methyl sites for hydroxylation is 2. The number of allylic oxidation sites excluding steroid dienone is 1. The van der Waals surface area contributed by atoms with Gasteiger partial charge in [-0.25, -0.2) is 0 Å². The fraction of sp³-hybridized carbons (Fsp3) is 0.792. The van der Waals surface area contributed by atoms with E-state index in [2.05, 4.69) is 18.2 Å². The molecular weight excluding hydrogens is 382 g/mol. The number of fused-ring (bicyclic) bond motifs is 4. The van der Waals surface area contributed by atoms with E-state index in [9.17, 15) is 0 Å². The van der Waals surface area contributed by atoms with Crippen LogP contribution in [0.4, 0.5) is 0 Å². The van der Waals surface area contributed by atoms with Gasteiger partial charge in [0, 0.05) is 29.7 Å². The van der Waals surface area contributed by atoms with Crippen LogP contribution in [0.1, 0.15) is 56.0 Å². The first-order valence-electron chi connectivity index (χ1n) is 11.7. The van der Waals surface area contributed by atoms with E-state index in [1.807, 2.05) is 13.8 Å². The van der Waals surface area contributed by atoms with Crippen molar-refractivity contribution in [1.29, 1.82) is 0 Å². The van der Waals surface area contributed by atoms with Crippen LogP contribution < -0.4 is 0 Å². The summed E-state index contributed by atoms with van der Waals surface area (Å²) >= 11 is 0. The van der Waals surface area contributed by atoms with Gasteiger partial charge in [0.1, 0.15) is 5.76 Å². The van der Waals surface area contributed by atoms with Crippen LogP contribution in [0.15, 0.2) is 16.2 Å². The number of rotatable bonds is 2. The molecule has 1 aromatic rings. The van der Waals surface area contributed by atoms with Crippen molar-refractivity contribution in [3.8, 4) is 0 Å². The molecule has 6 nitrogen and oxygen atoms in total. The molecule has 30 heavy (non-hydrogen) atoms. The largest absolute Gasteiger partial charge is 0.361 e. The topological polar surface area (TPSA) is 63.0 Å². The highest BCUT2D eigenvalue weighted by atomic mass is 16.7. The van der Waals surface area contributed by atoms with Gasteiger partial charge in [-0.3, -0.25) is 0 Å². The van der Waals surface area contributed by atoms with Crippen LogP contribution >= 0.6 is 0 Å². The fourth-order valence-corrected chi connectivity index (χ4v) is 7.47. The van der Waals surface area contributed by atoms with Crippen LogP contribution in [0.3, 0.4) is 0 Å². The van der Waals surface area contributed by atoms with Crippen LogP contribution in [0.25, 0.3) is 0 Å². The van der Waals surface area contributed by atoms with E-state index >= 15 is 0 Å². The molecule has 0 N–H and O–H groups in total. The molecule has 3 aliphatic carbocycles. The van der Waals surface area contributed by atoms with E-state index in [0.29, 0.717) is 25.0 Å². The highest BCUT2D eigenvalue weighted by molar-refractivity contribution is 5.31. The van der Waals surface area contributed by atoms with Crippen molar-refractivity contribution >= 4 is 0 Å². The molecule has 2 saturated heterocycles. The van der Waals surface area contributed by atoms with Gasteiger partial charge in [0.25, 0.3) is 0 Å². The Kier molecular flexibility index (Phi) is 4.31. The van der Waals surface area contributed by atoms with Crippen molar-refractivity contribution in [2.45, 2.75) is 70.9 Å². The summed E-state index contributed by atoms with van der Waals surface area (Å²) in [5.41, 5.74) is 3.77.